The highest BCUT2D eigenvalue weighted by atomic mass is 16.5. The predicted molar refractivity (Wildman–Crippen MR) is 127 cm³/mol. The van der Waals surface area contributed by atoms with Crippen LogP contribution in [-0.4, -0.2) is 65.5 Å². The summed E-state index contributed by atoms with van der Waals surface area (Å²) in [6, 6.07) is 7.92. The van der Waals surface area contributed by atoms with Gasteiger partial charge in [-0.3, -0.25) is 9.59 Å². The molecule has 7 nitrogen and oxygen atoms in total. The molecule has 32 heavy (non-hydrogen) atoms. The van der Waals surface area contributed by atoms with Crippen molar-refractivity contribution in [1.29, 1.82) is 0 Å². The van der Waals surface area contributed by atoms with E-state index >= 15 is 0 Å². The summed E-state index contributed by atoms with van der Waals surface area (Å²) in [6.45, 7) is 9.64. The summed E-state index contributed by atoms with van der Waals surface area (Å²) in [5.74, 6) is 1.01. The van der Waals surface area contributed by atoms with E-state index < -0.39 is 0 Å². The Morgan fingerprint density at radius 2 is 2.03 bits per heavy atom. The van der Waals surface area contributed by atoms with E-state index in [-0.39, 0.29) is 23.7 Å². The molecule has 176 valence electrons. The monoisotopic (exact) mass is 442 g/mol. The number of ketones is 1. The average molecular weight is 443 g/mol. The van der Waals surface area contributed by atoms with E-state index in [0.29, 0.717) is 50.8 Å². The second kappa shape index (κ2) is 11.6. The lowest BCUT2D eigenvalue weighted by molar-refractivity contribution is -0.123. The van der Waals surface area contributed by atoms with Gasteiger partial charge in [0.2, 0.25) is 0 Å². The molecule has 0 saturated carbocycles. The second-order valence-corrected chi connectivity index (χ2v) is 9.19. The fourth-order valence-corrected chi connectivity index (χ4v) is 4.59. The largest absolute Gasteiger partial charge is 0.385 e. The molecule has 0 spiro atoms. The van der Waals surface area contributed by atoms with E-state index in [1.165, 1.54) is 0 Å². The Morgan fingerprint density at radius 1 is 1.25 bits per heavy atom. The summed E-state index contributed by atoms with van der Waals surface area (Å²) in [5, 5.41) is 3.39. The number of carbonyl (C=O) groups excluding carboxylic acids is 2. The van der Waals surface area contributed by atoms with Crippen LogP contribution < -0.4 is 5.32 Å². The molecule has 1 N–H and O–H groups in total. The highest BCUT2D eigenvalue weighted by Gasteiger charge is 2.34. The number of ether oxygens (including phenoxy) is 1. The highest BCUT2D eigenvalue weighted by Crippen LogP contribution is 2.24. The van der Waals surface area contributed by atoms with E-state index in [2.05, 4.69) is 23.7 Å². The lowest BCUT2D eigenvalue weighted by atomic mass is 9.89. The first-order valence-corrected chi connectivity index (χ1v) is 11.9. The number of fused-ring (bicyclic) bond motifs is 1. The molecule has 1 amide bonds. The van der Waals surface area contributed by atoms with Crippen molar-refractivity contribution in [2.45, 2.75) is 59.0 Å². The first kappa shape index (κ1) is 24.4. The smallest absolute Gasteiger partial charge is 0.290 e. The number of methoxy groups -OCH3 is 1. The number of carbonyl (C=O) groups is 2. The number of Topliss-reactive ketones (excluding diaryl/α,β-unsaturated/α-hetero) is 1. The van der Waals surface area contributed by atoms with Crippen LogP contribution in [0.2, 0.25) is 0 Å². The Bertz CT molecular complexity index is 908. The molecule has 0 aliphatic carbocycles. The molecular formula is C25H38N4O3. The molecule has 1 aromatic heterocycles. The zero-order valence-electron chi connectivity index (χ0n) is 20.0. The molecule has 1 saturated heterocycles. The number of nitrogens with one attached hydrogen (secondary N) is 1. The number of unbranched alkanes of at least 4 members (excludes halogenated alkanes) is 1. The van der Waals surface area contributed by atoms with Gasteiger partial charge in [-0.25, -0.2) is 4.98 Å². The van der Waals surface area contributed by atoms with Gasteiger partial charge in [-0.1, -0.05) is 32.9 Å². The Hall–Kier alpha value is -2.25. The number of hydrogen-bond donors (Lipinski definition) is 1. The number of nitrogens with zero attached hydrogens (tertiary/aromatic N) is 3. The number of imidazole rings is 1. The average Bonchev–Trinajstić information content (AvgIpc) is 3.18. The fourth-order valence-electron chi connectivity index (χ4n) is 4.59. The maximum absolute atomic E-state index is 13.9. The minimum Gasteiger partial charge on any atom is -0.385 e. The highest BCUT2D eigenvalue weighted by molar-refractivity contribution is 5.95. The normalized spacial score (nSPS) is 18.9. The van der Waals surface area contributed by atoms with Gasteiger partial charge in [0.05, 0.1) is 11.0 Å². The molecule has 0 bridgehead atoms. The summed E-state index contributed by atoms with van der Waals surface area (Å²) in [7, 11) is 1.71. The Kier molecular flexibility index (Phi) is 8.82. The Morgan fingerprint density at radius 3 is 2.75 bits per heavy atom. The van der Waals surface area contributed by atoms with Gasteiger partial charge in [-0.15, -0.1) is 0 Å². The van der Waals surface area contributed by atoms with E-state index in [9.17, 15) is 9.59 Å². The van der Waals surface area contributed by atoms with E-state index in [0.717, 1.165) is 30.4 Å². The van der Waals surface area contributed by atoms with Crippen molar-refractivity contribution in [3.05, 3.63) is 30.1 Å². The first-order chi connectivity index (χ1) is 15.5. The zero-order valence-corrected chi connectivity index (χ0v) is 20.0. The van der Waals surface area contributed by atoms with Crippen LogP contribution in [0.4, 0.5) is 0 Å². The second-order valence-electron chi connectivity index (χ2n) is 9.19. The third kappa shape index (κ3) is 5.75. The maximum atomic E-state index is 13.9. The first-order valence-electron chi connectivity index (χ1n) is 11.9. The number of amides is 1. The SMILES string of the molecule is CCC(=O)C1CNC[C@@H](N(CC(C)C)C(=O)c2nc3ccccc3n2CCCCOC)C1. The number of aromatic nitrogens is 2. The molecule has 1 aliphatic heterocycles. The third-order valence-corrected chi connectivity index (χ3v) is 6.22. The van der Waals surface area contributed by atoms with Gasteiger partial charge in [0.25, 0.3) is 5.91 Å². The van der Waals surface area contributed by atoms with Crippen LogP contribution in [0.3, 0.4) is 0 Å². The van der Waals surface area contributed by atoms with Gasteiger partial charge in [-0.2, -0.15) is 0 Å². The number of para-hydroxylation sites is 2. The van der Waals surface area contributed by atoms with Crippen LogP contribution in [-0.2, 0) is 16.1 Å². The molecule has 1 aromatic carbocycles. The molecule has 7 heteroatoms. The Balaban J connectivity index is 1.91. The van der Waals surface area contributed by atoms with Crippen molar-refractivity contribution in [2.24, 2.45) is 11.8 Å². The summed E-state index contributed by atoms with van der Waals surface area (Å²) in [4.78, 5) is 33.0. The van der Waals surface area contributed by atoms with Crippen LogP contribution in [0.1, 0.15) is 57.1 Å². The van der Waals surface area contributed by atoms with Crippen molar-refractivity contribution in [1.82, 2.24) is 19.8 Å². The summed E-state index contributed by atoms with van der Waals surface area (Å²) in [6.07, 6.45) is 3.09. The molecule has 1 unspecified atom stereocenters. The van der Waals surface area contributed by atoms with E-state index in [1.54, 1.807) is 7.11 Å². The lowest BCUT2D eigenvalue weighted by Crippen LogP contribution is -2.53. The molecule has 2 heterocycles. The molecule has 1 aliphatic rings. The lowest BCUT2D eigenvalue weighted by Gasteiger charge is -2.38. The van der Waals surface area contributed by atoms with Crippen LogP contribution in [0.25, 0.3) is 11.0 Å². The predicted octanol–water partition coefficient (Wildman–Crippen LogP) is 3.52. The maximum Gasteiger partial charge on any atom is 0.290 e. The third-order valence-electron chi connectivity index (χ3n) is 6.22. The molecular weight excluding hydrogens is 404 g/mol. The van der Waals surface area contributed by atoms with Crippen molar-refractivity contribution >= 4 is 22.7 Å². The van der Waals surface area contributed by atoms with E-state index in [4.69, 9.17) is 9.72 Å². The van der Waals surface area contributed by atoms with Crippen LogP contribution in [0, 0.1) is 11.8 Å². The minimum absolute atomic E-state index is 0.0131. The standard InChI is InChI=1S/C25H38N4O3/c1-5-23(30)19-14-20(16-26-15-19)29(17-18(2)3)25(31)24-27-21-10-6-7-11-22(21)28(24)12-8-9-13-32-4/h6-7,10-11,18-20,26H,5,8-9,12-17H2,1-4H3/t19?,20-/m0/s1. The number of hydrogen-bond acceptors (Lipinski definition) is 5. The van der Waals surface area contributed by atoms with Gasteiger partial charge in [0.1, 0.15) is 5.78 Å². The molecule has 2 atom stereocenters. The van der Waals surface area contributed by atoms with Crippen molar-refractivity contribution in [3.63, 3.8) is 0 Å². The van der Waals surface area contributed by atoms with Crippen LogP contribution in [0.5, 0.6) is 0 Å². The number of rotatable bonds is 11. The fraction of sp³-hybridized carbons (Fsp3) is 0.640. The van der Waals surface area contributed by atoms with Gasteiger partial charge < -0.3 is 19.5 Å². The number of benzene rings is 1. The molecule has 2 aromatic rings. The van der Waals surface area contributed by atoms with Crippen molar-refractivity contribution < 1.29 is 14.3 Å². The molecule has 3 rings (SSSR count). The van der Waals surface area contributed by atoms with Gasteiger partial charge in [0, 0.05) is 58.3 Å². The Labute approximate surface area is 191 Å². The summed E-state index contributed by atoms with van der Waals surface area (Å²) >= 11 is 0. The minimum atomic E-state index is -0.0435. The number of aryl methyl sites for hydroxylation is 1. The van der Waals surface area contributed by atoms with E-state index in [1.807, 2.05) is 36.1 Å². The topological polar surface area (TPSA) is 76.5 Å². The zero-order chi connectivity index (χ0) is 23.1. The van der Waals surface area contributed by atoms with Crippen molar-refractivity contribution in [2.75, 3.05) is 33.4 Å². The molecule has 0 radical (unpaired) electrons. The van der Waals surface area contributed by atoms with Crippen molar-refractivity contribution in [3.8, 4) is 0 Å². The van der Waals surface area contributed by atoms with Crippen LogP contribution in [0.15, 0.2) is 24.3 Å². The van der Waals surface area contributed by atoms with Gasteiger partial charge in [-0.05, 0) is 37.3 Å². The quantitative estimate of drug-likeness (QED) is 0.539. The summed E-state index contributed by atoms with van der Waals surface area (Å²) in [5.41, 5.74) is 1.83. The number of piperidine rings is 1. The van der Waals surface area contributed by atoms with Gasteiger partial charge in [0.15, 0.2) is 5.82 Å². The van der Waals surface area contributed by atoms with Gasteiger partial charge >= 0.3 is 0 Å². The summed E-state index contributed by atoms with van der Waals surface area (Å²) < 4.78 is 7.25. The molecule has 1 fully saturated rings. The van der Waals surface area contributed by atoms with Crippen LogP contribution >= 0.6 is 0 Å².